The summed E-state index contributed by atoms with van der Waals surface area (Å²) in [4.78, 5) is 54.7. The van der Waals surface area contributed by atoms with Crippen molar-refractivity contribution in [3.8, 4) is 11.5 Å². The lowest BCUT2D eigenvalue weighted by Gasteiger charge is -2.45. The number of alkyl carbamates (subject to hydrolysis) is 1. The highest BCUT2D eigenvalue weighted by atomic mass is 35.6. The van der Waals surface area contributed by atoms with Crippen molar-refractivity contribution in [1.82, 2.24) is 5.32 Å². The van der Waals surface area contributed by atoms with Crippen molar-refractivity contribution in [2.24, 2.45) is 0 Å². The number of ether oxygens (including phenoxy) is 7. The first kappa shape index (κ1) is 69.4. The summed E-state index contributed by atoms with van der Waals surface area (Å²) < 4.78 is 69.6. The number of alkyl halides is 6. The Bertz CT molecular complexity index is 1990. The average Bonchev–Trinajstić information content (AvgIpc) is 3.51. The number of hydrogen-bond donors (Lipinski definition) is 1. The largest absolute Gasteiger partial charge is 0.588 e. The molecule has 442 valence electrons. The number of phosphoric ester groups is 1. The molecule has 2 aromatic carbocycles. The summed E-state index contributed by atoms with van der Waals surface area (Å²) in [6.07, 6.45) is 12.5. The molecule has 1 aliphatic heterocycles. The van der Waals surface area contributed by atoms with Gasteiger partial charge in [-0.05, 0) is 43.5 Å². The number of benzene rings is 2. The normalized spacial score (nSPS) is 18.0. The first-order valence-electron chi connectivity index (χ1n) is 27.2. The summed E-state index contributed by atoms with van der Waals surface area (Å²) in [5.74, 6) is -1.36. The molecule has 2 aromatic rings. The molecule has 6 atom stereocenters. The van der Waals surface area contributed by atoms with Crippen LogP contribution in [0.25, 0.3) is 0 Å². The zero-order valence-corrected chi connectivity index (χ0v) is 50.4. The van der Waals surface area contributed by atoms with Gasteiger partial charge >= 0.3 is 32.0 Å². The molecular formula is C55H80Cl6NO15P. The second-order valence-corrected chi connectivity index (χ2v) is 25.5. The third-order valence-electron chi connectivity index (χ3n) is 12.1. The zero-order chi connectivity index (χ0) is 57.1. The van der Waals surface area contributed by atoms with Gasteiger partial charge in [0, 0.05) is 6.42 Å². The molecule has 16 nitrogen and oxygen atoms in total. The molecule has 1 aliphatic rings. The van der Waals surface area contributed by atoms with Gasteiger partial charge in [-0.3, -0.25) is 14.1 Å². The third-order valence-corrected chi connectivity index (χ3v) is 14.2. The quantitative estimate of drug-likeness (QED) is 0.0165. The number of para-hydroxylation sites is 2. The van der Waals surface area contributed by atoms with Gasteiger partial charge in [-0.1, -0.05) is 242 Å². The molecule has 1 saturated heterocycles. The Kier molecular flexibility index (Phi) is 35.2. The van der Waals surface area contributed by atoms with Crippen LogP contribution in [-0.2, 0) is 51.8 Å². The van der Waals surface area contributed by atoms with Crippen LogP contribution < -0.4 is 14.4 Å². The molecule has 0 aliphatic carbocycles. The van der Waals surface area contributed by atoms with Gasteiger partial charge in [0.25, 0.3) is 0 Å². The third kappa shape index (κ3) is 31.9. The Labute approximate surface area is 491 Å². The van der Waals surface area contributed by atoms with Crippen LogP contribution in [-0.4, -0.2) is 94.9 Å². The minimum atomic E-state index is -4.99. The second-order valence-electron chi connectivity index (χ2n) is 19.0. The molecule has 1 unspecified atom stereocenters. The number of carbonyl (C=O) groups is 4. The monoisotopic (exact) mass is 1240 g/mol. The molecule has 0 radical (unpaired) electrons. The number of carbonyl (C=O) groups excluding carboxylic acids is 4. The van der Waals surface area contributed by atoms with Crippen LogP contribution in [0.15, 0.2) is 73.3 Å². The molecule has 1 amide bonds. The topological polar surface area (TPSA) is 190 Å². The molecule has 1 N–H and O–H groups in total. The fourth-order valence-electron chi connectivity index (χ4n) is 8.30. The minimum Gasteiger partial charge on any atom is -0.462 e. The second kappa shape index (κ2) is 39.5. The lowest BCUT2D eigenvalue weighted by atomic mass is 9.96. The van der Waals surface area contributed by atoms with Gasteiger partial charge in [0.1, 0.15) is 55.7 Å². The van der Waals surface area contributed by atoms with E-state index in [1.54, 1.807) is 36.4 Å². The number of unbranched alkanes of at least 4 members (excludes halogenated alkanes) is 18. The fourth-order valence-corrected chi connectivity index (χ4v) is 10.1. The van der Waals surface area contributed by atoms with E-state index in [0.29, 0.717) is 19.3 Å². The number of hydrogen-bond acceptors (Lipinski definition) is 15. The molecule has 0 saturated carbocycles. The van der Waals surface area contributed by atoms with Gasteiger partial charge in [-0.2, -0.15) is 0 Å². The van der Waals surface area contributed by atoms with Crippen LogP contribution in [0, 0.1) is 0 Å². The summed E-state index contributed by atoms with van der Waals surface area (Å²) in [6, 6.07) is 14.1. The number of halogens is 6. The molecular weight excluding hydrogens is 1160 g/mol. The van der Waals surface area contributed by atoms with E-state index >= 15 is 4.57 Å². The van der Waals surface area contributed by atoms with Gasteiger partial charge < -0.3 is 47.5 Å². The molecule has 23 heteroatoms. The highest BCUT2D eigenvalue weighted by molar-refractivity contribution is 7.49. The van der Waals surface area contributed by atoms with Crippen LogP contribution in [0.3, 0.4) is 0 Å². The van der Waals surface area contributed by atoms with Crippen molar-refractivity contribution in [3.63, 3.8) is 0 Å². The Morgan fingerprint density at radius 3 is 1.64 bits per heavy atom. The van der Waals surface area contributed by atoms with E-state index in [1.165, 1.54) is 81.7 Å². The maximum atomic E-state index is 15.2. The van der Waals surface area contributed by atoms with Crippen molar-refractivity contribution >= 4 is 102 Å². The van der Waals surface area contributed by atoms with E-state index in [0.717, 1.165) is 64.2 Å². The number of esters is 2. The van der Waals surface area contributed by atoms with Gasteiger partial charge in [0.05, 0.1) is 13.0 Å². The van der Waals surface area contributed by atoms with Gasteiger partial charge in [-0.25, -0.2) is 14.2 Å². The number of rotatable bonds is 40. The van der Waals surface area contributed by atoms with Crippen LogP contribution in [0.1, 0.15) is 162 Å². The SMILES string of the molecule is C=CCO[C@H]1O[C@H](COC(=O)OCC(Cl)(Cl)Cl)[C@@H](OP(=O)(Oc2ccccc2)Oc2ccccc2)[C@H](OC(=O)CC(CCCCCCCCCCC)OC(=O)CCCCCCCCCCCCC)[C@H]1NC(=O)OCC(Cl)(Cl)Cl. The molecule has 1 fully saturated rings. The van der Waals surface area contributed by atoms with E-state index in [2.05, 4.69) is 25.7 Å². The van der Waals surface area contributed by atoms with Crippen LogP contribution >= 0.6 is 77.4 Å². The van der Waals surface area contributed by atoms with Crippen molar-refractivity contribution < 1.29 is 70.5 Å². The predicted molar refractivity (Wildman–Crippen MR) is 305 cm³/mol. The maximum absolute atomic E-state index is 15.2. The molecule has 0 spiro atoms. The summed E-state index contributed by atoms with van der Waals surface area (Å²) in [7, 11) is -4.99. The van der Waals surface area contributed by atoms with E-state index in [9.17, 15) is 19.2 Å². The Morgan fingerprint density at radius 1 is 0.654 bits per heavy atom. The number of phosphoric acid groups is 1. The average molecular weight is 1240 g/mol. The van der Waals surface area contributed by atoms with E-state index in [4.69, 9.17) is 116 Å². The van der Waals surface area contributed by atoms with Crippen LogP contribution in [0.5, 0.6) is 11.5 Å². The molecule has 78 heavy (non-hydrogen) atoms. The zero-order valence-electron chi connectivity index (χ0n) is 45.0. The fraction of sp³-hybridized carbons (Fsp3) is 0.673. The lowest BCUT2D eigenvalue weighted by Crippen LogP contribution is -2.66. The van der Waals surface area contributed by atoms with E-state index in [-0.39, 0.29) is 24.5 Å². The Balaban J connectivity index is 2.04. The first-order valence-corrected chi connectivity index (χ1v) is 31.0. The first-order chi connectivity index (χ1) is 37.3. The summed E-state index contributed by atoms with van der Waals surface area (Å²) in [5, 5.41) is 2.54. The number of nitrogens with one attached hydrogen (secondary N) is 1. The van der Waals surface area contributed by atoms with Gasteiger partial charge in [0.2, 0.25) is 7.59 Å². The lowest BCUT2D eigenvalue weighted by molar-refractivity contribution is -0.268. The smallest absolute Gasteiger partial charge is 0.462 e. The molecule has 3 rings (SSSR count). The molecule has 1 heterocycles. The molecule has 0 aromatic heterocycles. The molecule has 0 bridgehead atoms. The number of amides is 1. The Morgan fingerprint density at radius 2 is 1.14 bits per heavy atom. The van der Waals surface area contributed by atoms with Gasteiger partial charge in [-0.15, -0.1) is 6.58 Å². The Hall–Kier alpha value is -2.89. The standard InChI is InChI=1S/C55H80Cl6NO15P/c1-4-7-9-11-13-15-16-18-20-22-30-36-46(63)72-44(35-25-21-19-17-14-12-10-8-5-2)38-47(64)74-50-48(62-52(65)70-40-54(56,57)58)51(68-37-6-3)73-45(39-69-53(66)71-41-55(59,60)61)49(50)77-78(67,75-42-31-26-23-27-32-42)76-43-33-28-24-29-34-43/h6,23-24,26-29,31-34,44-45,48-51H,3-5,7-22,25,30,35-41H2,1-2H3,(H,62,65)/t44?,45-,48-,49-,50-,51+/m1/s1. The predicted octanol–water partition coefficient (Wildman–Crippen LogP) is 16.4. The van der Waals surface area contributed by atoms with E-state index in [1.807, 2.05) is 0 Å². The summed E-state index contributed by atoms with van der Waals surface area (Å²) in [5.41, 5.74) is 0. The van der Waals surface area contributed by atoms with Crippen molar-refractivity contribution in [1.29, 1.82) is 0 Å². The van der Waals surface area contributed by atoms with E-state index < -0.39 is 103 Å². The van der Waals surface area contributed by atoms with Crippen LogP contribution in [0.2, 0.25) is 0 Å². The summed E-state index contributed by atoms with van der Waals surface area (Å²) in [6.45, 7) is 5.61. The van der Waals surface area contributed by atoms with Crippen LogP contribution in [0.4, 0.5) is 9.59 Å². The summed E-state index contributed by atoms with van der Waals surface area (Å²) >= 11 is 35.2. The van der Waals surface area contributed by atoms with Crippen molar-refractivity contribution in [3.05, 3.63) is 73.3 Å². The minimum absolute atomic E-state index is 0.0246. The van der Waals surface area contributed by atoms with Crippen molar-refractivity contribution in [2.75, 3.05) is 26.4 Å². The van der Waals surface area contributed by atoms with Gasteiger partial charge in [0.15, 0.2) is 12.4 Å². The van der Waals surface area contributed by atoms with Crippen molar-refractivity contribution in [2.45, 2.75) is 206 Å². The highest BCUT2D eigenvalue weighted by Crippen LogP contribution is 2.52. The maximum Gasteiger partial charge on any atom is 0.588 e. The highest BCUT2D eigenvalue weighted by Gasteiger charge is 2.55.